The number of nitrogens with one attached hydrogen (secondary N) is 1. The Bertz CT molecular complexity index is 650. The number of benzene rings is 1. The van der Waals surface area contributed by atoms with E-state index in [2.05, 4.69) is 20.7 Å². The number of carbonyl (C=O) groups is 1. The van der Waals surface area contributed by atoms with Crippen LogP contribution in [0.5, 0.6) is 0 Å². The maximum Gasteiger partial charge on any atom is 0.252 e. The predicted molar refractivity (Wildman–Crippen MR) is 83.7 cm³/mol. The number of ether oxygens (including phenoxy) is 1. The summed E-state index contributed by atoms with van der Waals surface area (Å²) in [5, 5.41) is 15.8. The molecule has 1 aromatic carbocycles. The summed E-state index contributed by atoms with van der Waals surface area (Å²) in [6.07, 6.45) is 3.76. The minimum absolute atomic E-state index is 0.0965. The van der Waals surface area contributed by atoms with Crippen molar-refractivity contribution in [3.05, 3.63) is 41.7 Å². The lowest BCUT2D eigenvalue weighted by molar-refractivity contribution is 0.0893. The number of hydrogen-bond donors (Lipinski definition) is 1. The van der Waals surface area contributed by atoms with Gasteiger partial charge in [-0.1, -0.05) is 31.0 Å². The van der Waals surface area contributed by atoms with Crippen LogP contribution in [0.3, 0.4) is 0 Å². The van der Waals surface area contributed by atoms with Crippen molar-refractivity contribution < 1.29 is 9.53 Å². The van der Waals surface area contributed by atoms with Gasteiger partial charge >= 0.3 is 0 Å². The van der Waals surface area contributed by atoms with Gasteiger partial charge in [0.25, 0.3) is 5.91 Å². The summed E-state index contributed by atoms with van der Waals surface area (Å²) in [6, 6.07) is 9.22. The van der Waals surface area contributed by atoms with Gasteiger partial charge < -0.3 is 10.1 Å². The highest BCUT2D eigenvalue weighted by molar-refractivity contribution is 5.94. The molecule has 3 rings (SSSR count). The summed E-state index contributed by atoms with van der Waals surface area (Å²) in [7, 11) is 1.64. The van der Waals surface area contributed by atoms with Crippen molar-refractivity contribution in [2.75, 3.05) is 13.7 Å². The molecule has 23 heavy (non-hydrogen) atoms. The number of rotatable bonds is 6. The Morgan fingerprint density at radius 1 is 1.30 bits per heavy atom. The van der Waals surface area contributed by atoms with E-state index in [9.17, 15) is 4.79 Å². The average molecular weight is 315 g/mol. The standard InChI is InChI=1S/C16H21N5O2/c1-23-12-11-21-19-15(18-20-21)16(9-5-6-10-16)17-14(22)13-7-3-2-4-8-13/h2-4,7-8H,5-6,9-12H2,1H3,(H,17,22). The first-order valence-corrected chi connectivity index (χ1v) is 7.88. The molecule has 1 amide bonds. The van der Waals surface area contributed by atoms with Crippen molar-refractivity contribution >= 4 is 5.91 Å². The molecule has 0 aliphatic heterocycles. The summed E-state index contributed by atoms with van der Waals surface area (Å²) in [4.78, 5) is 14.1. The Kier molecular flexibility index (Phi) is 4.66. The van der Waals surface area contributed by atoms with Crippen LogP contribution in [0, 0.1) is 0 Å². The fourth-order valence-corrected chi connectivity index (χ4v) is 2.96. The molecule has 0 radical (unpaired) electrons. The van der Waals surface area contributed by atoms with Gasteiger partial charge in [0.15, 0.2) is 5.82 Å². The highest BCUT2D eigenvalue weighted by Gasteiger charge is 2.41. The first-order chi connectivity index (χ1) is 11.2. The quantitative estimate of drug-likeness (QED) is 0.874. The van der Waals surface area contributed by atoms with Crippen molar-refractivity contribution in [3.63, 3.8) is 0 Å². The zero-order valence-electron chi connectivity index (χ0n) is 13.2. The molecule has 0 spiro atoms. The Hall–Kier alpha value is -2.28. The van der Waals surface area contributed by atoms with E-state index in [4.69, 9.17) is 4.74 Å². The van der Waals surface area contributed by atoms with Crippen LogP contribution in [0.1, 0.15) is 41.9 Å². The molecule has 0 atom stereocenters. The fourth-order valence-electron chi connectivity index (χ4n) is 2.96. The molecule has 1 heterocycles. The van der Waals surface area contributed by atoms with E-state index >= 15 is 0 Å². The third kappa shape index (κ3) is 3.39. The van der Waals surface area contributed by atoms with E-state index in [1.54, 1.807) is 19.2 Å². The molecule has 1 fully saturated rings. The molecule has 0 saturated heterocycles. The van der Waals surface area contributed by atoms with Gasteiger partial charge in [0.2, 0.25) is 0 Å². The molecule has 1 saturated carbocycles. The van der Waals surface area contributed by atoms with Crippen molar-refractivity contribution in [3.8, 4) is 0 Å². The number of aromatic nitrogens is 4. The summed E-state index contributed by atoms with van der Waals surface area (Å²) in [5.74, 6) is 0.496. The zero-order valence-corrected chi connectivity index (χ0v) is 13.2. The van der Waals surface area contributed by atoms with E-state index < -0.39 is 5.54 Å². The van der Waals surface area contributed by atoms with Crippen LogP contribution in [0.25, 0.3) is 0 Å². The lowest BCUT2D eigenvalue weighted by atomic mass is 9.96. The highest BCUT2D eigenvalue weighted by Crippen LogP contribution is 2.37. The van der Waals surface area contributed by atoms with Crippen LogP contribution >= 0.6 is 0 Å². The van der Waals surface area contributed by atoms with Crippen molar-refractivity contribution in [1.82, 2.24) is 25.5 Å². The second-order valence-electron chi connectivity index (χ2n) is 5.81. The van der Waals surface area contributed by atoms with Crippen molar-refractivity contribution in [1.29, 1.82) is 0 Å². The van der Waals surface area contributed by atoms with Crippen molar-refractivity contribution in [2.45, 2.75) is 37.8 Å². The molecule has 1 aliphatic carbocycles. The normalized spacial score (nSPS) is 16.4. The van der Waals surface area contributed by atoms with Gasteiger partial charge in [-0.2, -0.15) is 4.80 Å². The minimum Gasteiger partial charge on any atom is -0.383 e. The second kappa shape index (κ2) is 6.87. The third-order valence-corrected chi connectivity index (χ3v) is 4.22. The van der Waals surface area contributed by atoms with Crippen LogP contribution in [0.15, 0.2) is 30.3 Å². The SMILES string of the molecule is COCCn1nnc(C2(NC(=O)c3ccccc3)CCCC2)n1. The molecule has 7 nitrogen and oxygen atoms in total. The summed E-state index contributed by atoms with van der Waals surface area (Å²) < 4.78 is 5.03. The number of tetrazole rings is 1. The van der Waals surface area contributed by atoms with Gasteiger partial charge in [0, 0.05) is 12.7 Å². The maximum atomic E-state index is 12.5. The molecule has 1 aliphatic rings. The van der Waals surface area contributed by atoms with Gasteiger partial charge in [0.1, 0.15) is 5.54 Å². The van der Waals surface area contributed by atoms with Gasteiger partial charge in [-0.3, -0.25) is 4.79 Å². The zero-order chi connectivity index (χ0) is 16.1. The molecule has 2 aromatic rings. The van der Waals surface area contributed by atoms with Gasteiger partial charge in [-0.15, -0.1) is 10.2 Å². The van der Waals surface area contributed by atoms with E-state index in [1.807, 2.05) is 18.2 Å². The molecule has 7 heteroatoms. The summed E-state index contributed by atoms with van der Waals surface area (Å²) in [5.41, 5.74) is 0.128. The molecule has 122 valence electrons. The number of methoxy groups -OCH3 is 1. The number of hydrogen-bond acceptors (Lipinski definition) is 5. The Morgan fingerprint density at radius 2 is 2.04 bits per heavy atom. The van der Waals surface area contributed by atoms with Crippen molar-refractivity contribution in [2.24, 2.45) is 0 Å². The lowest BCUT2D eigenvalue weighted by Crippen LogP contribution is -2.44. The Morgan fingerprint density at radius 3 is 2.74 bits per heavy atom. The van der Waals surface area contributed by atoms with Gasteiger partial charge in [-0.25, -0.2) is 0 Å². The van der Waals surface area contributed by atoms with Crippen LogP contribution < -0.4 is 5.32 Å². The molecular formula is C16H21N5O2. The molecular weight excluding hydrogens is 294 g/mol. The van der Waals surface area contributed by atoms with Crippen LogP contribution in [0.2, 0.25) is 0 Å². The third-order valence-electron chi connectivity index (χ3n) is 4.22. The Labute approximate surface area is 135 Å². The molecule has 1 aromatic heterocycles. The fraction of sp³-hybridized carbons (Fsp3) is 0.500. The molecule has 0 unspecified atom stereocenters. The summed E-state index contributed by atoms with van der Waals surface area (Å²) >= 11 is 0. The first-order valence-electron chi connectivity index (χ1n) is 7.88. The predicted octanol–water partition coefficient (Wildman–Crippen LogP) is 1.52. The van der Waals surface area contributed by atoms with Gasteiger partial charge in [-0.05, 0) is 30.2 Å². The second-order valence-corrected chi connectivity index (χ2v) is 5.81. The van der Waals surface area contributed by atoms with Gasteiger partial charge in [0.05, 0.1) is 13.2 Å². The molecule has 1 N–H and O–H groups in total. The summed E-state index contributed by atoms with van der Waals surface area (Å²) in [6.45, 7) is 1.07. The smallest absolute Gasteiger partial charge is 0.252 e. The van der Waals surface area contributed by atoms with Crippen LogP contribution in [0.4, 0.5) is 0 Å². The van der Waals surface area contributed by atoms with E-state index in [1.165, 1.54) is 4.80 Å². The topological polar surface area (TPSA) is 81.9 Å². The minimum atomic E-state index is -0.516. The van der Waals surface area contributed by atoms with E-state index in [0.29, 0.717) is 24.5 Å². The monoisotopic (exact) mass is 315 g/mol. The van der Waals surface area contributed by atoms with E-state index in [-0.39, 0.29) is 5.91 Å². The van der Waals surface area contributed by atoms with Crippen LogP contribution in [-0.4, -0.2) is 39.8 Å². The highest BCUT2D eigenvalue weighted by atomic mass is 16.5. The molecule has 0 bridgehead atoms. The maximum absolute atomic E-state index is 12.5. The largest absolute Gasteiger partial charge is 0.383 e. The first kappa shape index (κ1) is 15.6. The van der Waals surface area contributed by atoms with Crippen LogP contribution in [-0.2, 0) is 16.8 Å². The Balaban J connectivity index is 1.79. The lowest BCUT2D eigenvalue weighted by Gasteiger charge is -2.26. The number of carbonyl (C=O) groups excluding carboxylic acids is 1. The number of nitrogens with zero attached hydrogens (tertiary/aromatic N) is 4. The average Bonchev–Trinajstić information content (AvgIpc) is 3.24. The number of amides is 1. The van der Waals surface area contributed by atoms with E-state index in [0.717, 1.165) is 25.7 Å².